The number of nitrogens with zero attached hydrogens (tertiary/aromatic N) is 2. The Bertz CT molecular complexity index is 989. The summed E-state index contributed by atoms with van der Waals surface area (Å²) in [6.45, 7) is 6.09. The molecule has 2 aromatic carbocycles. The van der Waals surface area contributed by atoms with Crippen LogP contribution in [0.2, 0.25) is 0 Å². The highest BCUT2D eigenvalue weighted by Crippen LogP contribution is 2.32. The Morgan fingerprint density at radius 1 is 1.16 bits per heavy atom. The van der Waals surface area contributed by atoms with Crippen molar-refractivity contribution in [2.24, 2.45) is 11.8 Å². The van der Waals surface area contributed by atoms with Gasteiger partial charge in [0, 0.05) is 32.4 Å². The van der Waals surface area contributed by atoms with Gasteiger partial charge in [0.25, 0.3) is 15.7 Å². The SMILES string of the molecule is CC(C)CN(c1ccccc1)S(=O)(=O)c1ccc(NCC2CCOCC2)c([N+](=O)[O-])c1. The Morgan fingerprint density at radius 3 is 2.45 bits per heavy atom. The van der Waals surface area contributed by atoms with Crippen LogP contribution in [0.3, 0.4) is 0 Å². The molecule has 1 heterocycles. The zero-order chi connectivity index (χ0) is 22.4. The maximum absolute atomic E-state index is 13.4. The fourth-order valence-corrected chi connectivity index (χ4v) is 5.22. The molecule has 1 aliphatic rings. The van der Waals surface area contributed by atoms with E-state index in [0.29, 0.717) is 37.1 Å². The molecule has 0 aromatic heterocycles. The minimum atomic E-state index is -3.97. The highest BCUT2D eigenvalue weighted by atomic mass is 32.2. The van der Waals surface area contributed by atoms with Crippen molar-refractivity contribution >= 4 is 27.1 Å². The van der Waals surface area contributed by atoms with Gasteiger partial charge in [0.05, 0.1) is 15.5 Å². The molecule has 2 aromatic rings. The molecule has 1 saturated heterocycles. The molecule has 1 N–H and O–H groups in total. The summed E-state index contributed by atoms with van der Waals surface area (Å²) >= 11 is 0. The fourth-order valence-electron chi connectivity index (χ4n) is 3.57. The van der Waals surface area contributed by atoms with Crippen molar-refractivity contribution in [1.82, 2.24) is 0 Å². The Kier molecular flexibility index (Phi) is 7.50. The van der Waals surface area contributed by atoms with Crippen LogP contribution in [-0.4, -0.2) is 39.6 Å². The number of anilines is 2. The molecule has 1 fully saturated rings. The number of ether oxygens (including phenoxy) is 1. The molecule has 0 spiro atoms. The molecule has 0 aliphatic carbocycles. The van der Waals surface area contributed by atoms with Crippen LogP contribution < -0.4 is 9.62 Å². The summed E-state index contributed by atoms with van der Waals surface area (Å²) in [5.41, 5.74) is 0.608. The van der Waals surface area contributed by atoms with E-state index < -0.39 is 14.9 Å². The van der Waals surface area contributed by atoms with Gasteiger partial charge in [-0.3, -0.25) is 14.4 Å². The van der Waals surface area contributed by atoms with E-state index in [2.05, 4.69) is 5.32 Å². The number of nitrogens with one attached hydrogen (secondary N) is 1. The van der Waals surface area contributed by atoms with E-state index in [1.165, 1.54) is 16.4 Å². The molecule has 3 rings (SSSR count). The number of nitro benzene ring substituents is 1. The van der Waals surface area contributed by atoms with Crippen LogP contribution in [0.25, 0.3) is 0 Å². The minimum absolute atomic E-state index is 0.0744. The van der Waals surface area contributed by atoms with Crippen molar-refractivity contribution in [2.75, 3.05) is 35.9 Å². The first-order chi connectivity index (χ1) is 14.8. The molecule has 0 radical (unpaired) electrons. The zero-order valence-electron chi connectivity index (χ0n) is 17.9. The summed E-state index contributed by atoms with van der Waals surface area (Å²) in [6, 6.07) is 12.9. The second kappa shape index (κ2) is 10.1. The molecule has 0 amide bonds. The summed E-state index contributed by atoms with van der Waals surface area (Å²) in [5, 5.41) is 14.8. The molecule has 9 heteroatoms. The van der Waals surface area contributed by atoms with E-state index in [4.69, 9.17) is 4.74 Å². The molecule has 168 valence electrons. The Hall–Kier alpha value is -2.65. The number of nitro groups is 1. The molecule has 0 bridgehead atoms. The minimum Gasteiger partial charge on any atom is -0.381 e. The fraction of sp³-hybridized carbons (Fsp3) is 0.455. The van der Waals surface area contributed by atoms with Gasteiger partial charge in [-0.15, -0.1) is 0 Å². The number of para-hydroxylation sites is 1. The first-order valence-corrected chi connectivity index (χ1v) is 11.9. The van der Waals surface area contributed by atoms with E-state index in [1.807, 2.05) is 19.9 Å². The zero-order valence-corrected chi connectivity index (χ0v) is 18.7. The van der Waals surface area contributed by atoms with Crippen molar-refractivity contribution in [3.63, 3.8) is 0 Å². The van der Waals surface area contributed by atoms with E-state index >= 15 is 0 Å². The molecule has 31 heavy (non-hydrogen) atoms. The molecule has 1 aliphatic heterocycles. The van der Waals surface area contributed by atoms with Gasteiger partial charge in [-0.05, 0) is 48.9 Å². The second-order valence-electron chi connectivity index (χ2n) is 8.14. The van der Waals surface area contributed by atoms with Crippen LogP contribution in [0.4, 0.5) is 17.1 Å². The quantitative estimate of drug-likeness (QED) is 0.455. The number of rotatable bonds is 9. The van der Waals surface area contributed by atoms with Gasteiger partial charge in [0.1, 0.15) is 5.69 Å². The van der Waals surface area contributed by atoms with Gasteiger partial charge >= 0.3 is 0 Å². The van der Waals surface area contributed by atoms with Crippen LogP contribution in [0.1, 0.15) is 26.7 Å². The van der Waals surface area contributed by atoms with E-state index in [0.717, 1.165) is 18.9 Å². The predicted molar refractivity (Wildman–Crippen MR) is 121 cm³/mol. The first kappa shape index (κ1) is 23.0. The Labute approximate surface area is 183 Å². The van der Waals surface area contributed by atoms with Crippen molar-refractivity contribution < 1.29 is 18.1 Å². The van der Waals surface area contributed by atoms with E-state index in [9.17, 15) is 18.5 Å². The predicted octanol–water partition coefficient (Wildman–Crippen LogP) is 4.28. The lowest BCUT2D eigenvalue weighted by Crippen LogP contribution is -2.34. The summed E-state index contributed by atoms with van der Waals surface area (Å²) < 4.78 is 33.5. The molecule has 0 unspecified atom stereocenters. The normalized spacial score (nSPS) is 15.1. The van der Waals surface area contributed by atoms with Crippen LogP contribution in [0.15, 0.2) is 53.4 Å². The maximum Gasteiger partial charge on any atom is 0.293 e. The monoisotopic (exact) mass is 447 g/mol. The summed E-state index contributed by atoms with van der Waals surface area (Å²) in [5.74, 6) is 0.446. The van der Waals surface area contributed by atoms with Crippen LogP contribution in [0.5, 0.6) is 0 Å². The van der Waals surface area contributed by atoms with Gasteiger partial charge < -0.3 is 10.1 Å². The van der Waals surface area contributed by atoms with Gasteiger partial charge in [-0.25, -0.2) is 8.42 Å². The lowest BCUT2D eigenvalue weighted by atomic mass is 10.0. The van der Waals surface area contributed by atoms with Crippen molar-refractivity contribution in [3.8, 4) is 0 Å². The molecule has 0 atom stereocenters. The van der Waals surface area contributed by atoms with Crippen molar-refractivity contribution in [1.29, 1.82) is 0 Å². The second-order valence-corrected chi connectivity index (χ2v) is 10.0. The van der Waals surface area contributed by atoms with Crippen molar-refractivity contribution in [3.05, 3.63) is 58.6 Å². The smallest absolute Gasteiger partial charge is 0.293 e. The van der Waals surface area contributed by atoms with E-state index in [-0.39, 0.29) is 23.0 Å². The topological polar surface area (TPSA) is 102 Å². The Balaban J connectivity index is 1.90. The third-order valence-electron chi connectivity index (χ3n) is 5.25. The molecule has 8 nitrogen and oxygen atoms in total. The van der Waals surface area contributed by atoms with Crippen LogP contribution >= 0.6 is 0 Å². The first-order valence-electron chi connectivity index (χ1n) is 10.5. The average Bonchev–Trinajstić information content (AvgIpc) is 2.77. The maximum atomic E-state index is 13.4. The van der Waals surface area contributed by atoms with Gasteiger partial charge in [-0.1, -0.05) is 32.0 Å². The largest absolute Gasteiger partial charge is 0.381 e. The lowest BCUT2D eigenvalue weighted by Gasteiger charge is -2.26. The van der Waals surface area contributed by atoms with Crippen molar-refractivity contribution in [2.45, 2.75) is 31.6 Å². The Morgan fingerprint density at radius 2 is 1.84 bits per heavy atom. The summed E-state index contributed by atoms with van der Waals surface area (Å²) in [6.07, 6.45) is 1.79. The average molecular weight is 448 g/mol. The third-order valence-corrected chi connectivity index (χ3v) is 7.04. The molecule has 0 saturated carbocycles. The number of hydrogen-bond acceptors (Lipinski definition) is 6. The highest BCUT2D eigenvalue weighted by Gasteiger charge is 2.28. The highest BCUT2D eigenvalue weighted by molar-refractivity contribution is 7.92. The number of benzene rings is 2. The summed E-state index contributed by atoms with van der Waals surface area (Å²) in [4.78, 5) is 11.1. The lowest BCUT2D eigenvalue weighted by molar-refractivity contribution is -0.384. The van der Waals surface area contributed by atoms with Gasteiger partial charge in [0.15, 0.2) is 0 Å². The van der Waals surface area contributed by atoms with Crippen LogP contribution in [0, 0.1) is 22.0 Å². The molecular formula is C22H29N3O5S. The number of sulfonamides is 1. The summed E-state index contributed by atoms with van der Waals surface area (Å²) in [7, 11) is -3.97. The van der Waals surface area contributed by atoms with Gasteiger partial charge in [0.2, 0.25) is 0 Å². The number of hydrogen-bond donors (Lipinski definition) is 1. The molecular weight excluding hydrogens is 418 g/mol. The van der Waals surface area contributed by atoms with Crippen LogP contribution in [-0.2, 0) is 14.8 Å². The van der Waals surface area contributed by atoms with Gasteiger partial charge in [-0.2, -0.15) is 0 Å². The van der Waals surface area contributed by atoms with E-state index in [1.54, 1.807) is 24.3 Å². The standard InChI is InChI=1S/C22H29N3O5S/c1-17(2)16-24(19-6-4-3-5-7-19)31(28,29)20-8-9-21(22(14-20)25(26)27)23-15-18-10-12-30-13-11-18/h3-9,14,17-18,23H,10-13,15-16H2,1-2H3. The third kappa shape index (κ3) is 5.74.